The Morgan fingerprint density at radius 2 is 1.83 bits per heavy atom. The fraction of sp³-hybridized carbons (Fsp3) is 0.368. The number of rotatable bonds is 4. The molecular weight excluding hydrogens is 391 g/mol. The summed E-state index contributed by atoms with van der Waals surface area (Å²) in [6, 6.07) is 6.42. The Balaban J connectivity index is 1.66. The van der Waals surface area contributed by atoms with Crippen LogP contribution in [0, 0.1) is 0 Å². The van der Waals surface area contributed by atoms with E-state index in [0.29, 0.717) is 30.5 Å². The number of likely N-dealkylation sites (tertiary alicyclic amines) is 1. The molecule has 1 aliphatic rings. The van der Waals surface area contributed by atoms with E-state index in [1.54, 1.807) is 4.90 Å². The molecule has 0 radical (unpaired) electrons. The Kier molecular flexibility index (Phi) is 6.00. The van der Waals surface area contributed by atoms with Crippen LogP contribution in [-0.2, 0) is 10.9 Å². The number of benzene rings is 1. The van der Waals surface area contributed by atoms with Crippen molar-refractivity contribution in [1.82, 2.24) is 14.9 Å². The Labute approximate surface area is 164 Å². The van der Waals surface area contributed by atoms with Crippen LogP contribution in [0.3, 0.4) is 0 Å². The number of esters is 1. The van der Waals surface area contributed by atoms with Crippen molar-refractivity contribution in [2.45, 2.75) is 25.1 Å². The molecule has 2 aromatic rings. The molecule has 10 heteroatoms. The smallest absolute Gasteiger partial charge is 0.433 e. The van der Waals surface area contributed by atoms with E-state index in [1.807, 2.05) is 0 Å². The first-order valence-corrected chi connectivity index (χ1v) is 8.82. The number of carbonyl (C=O) groups excluding carboxylic acids is 2. The molecule has 1 aromatic heterocycles. The van der Waals surface area contributed by atoms with E-state index in [0.717, 1.165) is 12.3 Å². The van der Waals surface area contributed by atoms with E-state index >= 15 is 0 Å². The molecule has 0 spiro atoms. The van der Waals surface area contributed by atoms with Gasteiger partial charge in [-0.3, -0.25) is 4.79 Å². The maximum Gasteiger partial charge on any atom is 0.433 e. The fourth-order valence-electron chi connectivity index (χ4n) is 2.97. The maximum absolute atomic E-state index is 12.8. The van der Waals surface area contributed by atoms with E-state index in [9.17, 15) is 22.8 Å². The van der Waals surface area contributed by atoms with Gasteiger partial charge < -0.3 is 14.4 Å². The number of hydrogen-bond donors (Lipinski definition) is 0. The van der Waals surface area contributed by atoms with Crippen molar-refractivity contribution in [1.29, 1.82) is 0 Å². The van der Waals surface area contributed by atoms with Gasteiger partial charge in [-0.05, 0) is 43.2 Å². The van der Waals surface area contributed by atoms with Crippen molar-refractivity contribution < 1.29 is 32.2 Å². The highest BCUT2D eigenvalue weighted by Gasteiger charge is 2.33. The highest BCUT2D eigenvalue weighted by molar-refractivity contribution is 5.96. The minimum Gasteiger partial charge on any atom is -0.465 e. The minimum atomic E-state index is -4.59. The second kappa shape index (κ2) is 8.46. The maximum atomic E-state index is 12.8. The molecule has 0 aliphatic carbocycles. The third kappa shape index (κ3) is 5.01. The summed E-state index contributed by atoms with van der Waals surface area (Å²) in [6.07, 6.45) is -2.95. The van der Waals surface area contributed by atoms with Crippen LogP contribution in [0.5, 0.6) is 6.01 Å². The molecule has 29 heavy (non-hydrogen) atoms. The summed E-state index contributed by atoms with van der Waals surface area (Å²) in [5.74, 6) is -0.767. The van der Waals surface area contributed by atoms with E-state index in [4.69, 9.17) is 4.74 Å². The van der Waals surface area contributed by atoms with Crippen LogP contribution < -0.4 is 4.74 Å². The molecule has 1 fully saturated rings. The standard InChI is InChI=1S/C19H18F3N3O4/c1-28-17(27)13-6-4-12(5-7-13)16(26)25-10-2-3-14(11-25)29-18-23-9-8-15(24-18)19(20,21)22/h4-9,14H,2-3,10-11H2,1H3. The topological polar surface area (TPSA) is 81.6 Å². The van der Waals surface area contributed by atoms with Gasteiger partial charge in [-0.15, -0.1) is 0 Å². The molecule has 1 aromatic carbocycles. The zero-order chi connectivity index (χ0) is 21.0. The number of aromatic nitrogens is 2. The van der Waals surface area contributed by atoms with Crippen LogP contribution in [0.4, 0.5) is 13.2 Å². The molecule has 0 bridgehead atoms. The predicted octanol–water partition coefficient (Wildman–Crippen LogP) is 2.97. The molecule has 1 saturated heterocycles. The molecule has 1 amide bonds. The first-order chi connectivity index (χ1) is 13.8. The monoisotopic (exact) mass is 409 g/mol. The third-order valence-corrected chi connectivity index (χ3v) is 4.41. The van der Waals surface area contributed by atoms with Gasteiger partial charge in [-0.2, -0.15) is 18.2 Å². The molecule has 1 aliphatic heterocycles. The summed E-state index contributed by atoms with van der Waals surface area (Å²) < 4.78 is 48.4. The number of nitrogens with zero attached hydrogens (tertiary/aromatic N) is 3. The van der Waals surface area contributed by atoms with Gasteiger partial charge in [0.05, 0.1) is 19.2 Å². The van der Waals surface area contributed by atoms with E-state index in [1.165, 1.54) is 31.4 Å². The van der Waals surface area contributed by atoms with E-state index in [2.05, 4.69) is 14.7 Å². The number of amides is 1. The van der Waals surface area contributed by atoms with Gasteiger partial charge in [0.2, 0.25) is 0 Å². The van der Waals surface area contributed by atoms with Crippen molar-refractivity contribution in [3.05, 3.63) is 53.3 Å². The molecule has 3 rings (SSSR count). The summed E-state index contributed by atoms with van der Waals surface area (Å²) in [5, 5.41) is 0. The van der Waals surface area contributed by atoms with Crippen molar-refractivity contribution in [2.75, 3.05) is 20.2 Å². The lowest BCUT2D eigenvalue weighted by Gasteiger charge is -2.32. The first kappa shape index (κ1) is 20.6. The average Bonchev–Trinajstić information content (AvgIpc) is 2.72. The molecule has 1 atom stereocenters. The zero-order valence-electron chi connectivity index (χ0n) is 15.5. The molecule has 154 valence electrons. The van der Waals surface area contributed by atoms with Crippen LogP contribution in [0.1, 0.15) is 39.3 Å². The number of piperidine rings is 1. The molecule has 0 N–H and O–H groups in total. The summed E-state index contributed by atoms with van der Waals surface area (Å²) in [7, 11) is 1.27. The average molecular weight is 409 g/mol. The quantitative estimate of drug-likeness (QED) is 0.723. The van der Waals surface area contributed by atoms with E-state index in [-0.39, 0.29) is 18.5 Å². The molecule has 0 saturated carbocycles. The van der Waals surface area contributed by atoms with Gasteiger partial charge in [0, 0.05) is 18.3 Å². The van der Waals surface area contributed by atoms with Crippen LogP contribution >= 0.6 is 0 Å². The van der Waals surface area contributed by atoms with Crippen LogP contribution in [-0.4, -0.2) is 53.0 Å². The number of hydrogen-bond acceptors (Lipinski definition) is 6. The lowest BCUT2D eigenvalue weighted by atomic mass is 10.1. The summed E-state index contributed by atoms with van der Waals surface area (Å²) >= 11 is 0. The van der Waals surface area contributed by atoms with Gasteiger partial charge in [0.25, 0.3) is 5.91 Å². The zero-order valence-corrected chi connectivity index (χ0v) is 15.5. The van der Waals surface area contributed by atoms with Gasteiger partial charge in [-0.1, -0.05) is 0 Å². The second-order valence-corrected chi connectivity index (χ2v) is 6.42. The third-order valence-electron chi connectivity index (χ3n) is 4.41. The Bertz CT molecular complexity index is 887. The molecule has 1 unspecified atom stereocenters. The van der Waals surface area contributed by atoms with Crippen LogP contribution in [0.15, 0.2) is 36.5 Å². The van der Waals surface area contributed by atoms with Gasteiger partial charge in [0.15, 0.2) is 5.69 Å². The number of methoxy groups -OCH3 is 1. The largest absolute Gasteiger partial charge is 0.465 e. The molecular formula is C19H18F3N3O4. The van der Waals surface area contributed by atoms with Crippen molar-refractivity contribution in [2.24, 2.45) is 0 Å². The van der Waals surface area contributed by atoms with Crippen LogP contribution in [0.2, 0.25) is 0 Å². The first-order valence-electron chi connectivity index (χ1n) is 8.82. The summed E-state index contributed by atoms with van der Waals surface area (Å²) in [6.45, 7) is 0.679. The Morgan fingerprint density at radius 3 is 2.48 bits per heavy atom. The van der Waals surface area contributed by atoms with Crippen LogP contribution in [0.25, 0.3) is 0 Å². The number of ether oxygens (including phenoxy) is 2. The SMILES string of the molecule is COC(=O)c1ccc(C(=O)N2CCCC(Oc3nccc(C(F)(F)F)n3)C2)cc1. The minimum absolute atomic E-state index is 0.192. The summed E-state index contributed by atoms with van der Waals surface area (Å²) in [4.78, 5) is 32.9. The lowest BCUT2D eigenvalue weighted by molar-refractivity contribution is -0.141. The highest BCUT2D eigenvalue weighted by atomic mass is 19.4. The van der Waals surface area contributed by atoms with Gasteiger partial charge >= 0.3 is 18.2 Å². The number of alkyl halides is 3. The van der Waals surface area contributed by atoms with Crippen molar-refractivity contribution in [3.8, 4) is 6.01 Å². The number of carbonyl (C=O) groups is 2. The van der Waals surface area contributed by atoms with Gasteiger partial charge in [-0.25, -0.2) is 9.78 Å². The molecule has 7 nitrogen and oxygen atoms in total. The second-order valence-electron chi connectivity index (χ2n) is 6.42. The number of halogens is 3. The normalized spacial score (nSPS) is 17.0. The Morgan fingerprint density at radius 1 is 1.14 bits per heavy atom. The molecule has 2 heterocycles. The predicted molar refractivity (Wildman–Crippen MR) is 94.4 cm³/mol. The van der Waals surface area contributed by atoms with Crippen molar-refractivity contribution >= 4 is 11.9 Å². The summed E-state index contributed by atoms with van der Waals surface area (Å²) in [5.41, 5.74) is -0.379. The van der Waals surface area contributed by atoms with Gasteiger partial charge in [0.1, 0.15) is 6.10 Å². The highest BCUT2D eigenvalue weighted by Crippen LogP contribution is 2.28. The lowest BCUT2D eigenvalue weighted by Crippen LogP contribution is -2.44. The van der Waals surface area contributed by atoms with Crippen molar-refractivity contribution in [3.63, 3.8) is 0 Å². The Hall–Kier alpha value is -3.17. The van der Waals surface area contributed by atoms with E-state index < -0.39 is 23.9 Å². The fourth-order valence-corrected chi connectivity index (χ4v) is 2.97.